The molecule has 284 valence electrons. The number of carbonyl (C=O) groups excluding carboxylic acids is 4. The first kappa shape index (κ1) is 43.2. The number of rotatable bonds is 21. The molecule has 0 heterocycles. The minimum Gasteiger partial charge on any atom is -0.428 e. The number of phosphoric ester groups is 1. The number of aryl methyl sites for hydroxylation is 1. The van der Waals surface area contributed by atoms with Crippen LogP contribution >= 0.6 is 7.82 Å². The van der Waals surface area contributed by atoms with Gasteiger partial charge in [0.05, 0.1) is 17.8 Å². The van der Waals surface area contributed by atoms with Crippen LogP contribution in [0.4, 0.5) is 21.9 Å². The number of esters is 2. The first-order chi connectivity index (χ1) is 24.0. The molecule has 15 heteroatoms. The van der Waals surface area contributed by atoms with Gasteiger partial charge < -0.3 is 40.1 Å². The highest BCUT2D eigenvalue weighted by Gasteiger charge is 2.24. The van der Waals surface area contributed by atoms with E-state index < -0.39 is 38.6 Å². The predicted molar refractivity (Wildman–Crippen MR) is 196 cm³/mol. The first-order valence-corrected chi connectivity index (χ1v) is 18.9. The van der Waals surface area contributed by atoms with Gasteiger partial charge in [-0.1, -0.05) is 58.4 Å². The minimum atomic E-state index is -4.78. The molecule has 0 saturated heterocycles. The van der Waals surface area contributed by atoms with Crippen molar-refractivity contribution in [1.29, 1.82) is 0 Å². The topological polar surface area (TPSA) is 193 Å². The molecule has 0 saturated carbocycles. The van der Waals surface area contributed by atoms with Gasteiger partial charge in [-0.15, -0.1) is 0 Å². The molecule has 5 N–H and O–H groups in total. The van der Waals surface area contributed by atoms with Gasteiger partial charge in [0.2, 0.25) is 12.7 Å². The maximum absolute atomic E-state index is 13.2. The van der Waals surface area contributed by atoms with Gasteiger partial charge in [0.25, 0.3) is 0 Å². The van der Waals surface area contributed by atoms with E-state index in [9.17, 15) is 23.7 Å². The molecule has 0 aliphatic heterocycles. The molecule has 0 aliphatic rings. The summed E-state index contributed by atoms with van der Waals surface area (Å²) in [5.74, 6) is -1.28. The van der Waals surface area contributed by atoms with E-state index in [0.29, 0.717) is 42.5 Å². The van der Waals surface area contributed by atoms with Crippen molar-refractivity contribution < 1.29 is 47.5 Å². The van der Waals surface area contributed by atoms with E-state index in [4.69, 9.17) is 19.3 Å². The fourth-order valence-corrected chi connectivity index (χ4v) is 5.76. The molecule has 14 nitrogen and oxygen atoms in total. The zero-order valence-corrected chi connectivity index (χ0v) is 31.7. The predicted octanol–water partition coefficient (Wildman–Crippen LogP) is 6.47. The lowest BCUT2D eigenvalue weighted by Gasteiger charge is -2.31. The molecule has 0 bridgehead atoms. The Bertz CT molecular complexity index is 1470. The largest absolute Gasteiger partial charge is 0.470 e. The second kappa shape index (κ2) is 21.4. The van der Waals surface area contributed by atoms with Crippen LogP contribution in [0.3, 0.4) is 0 Å². The number of ether oxygens (including phenoxy) is 2. The van der Waals surface area contributed by atoms with Crippen LogP contribution in [0, 0.1) is 18.8 Å². The van der Waals surface area contributed by atoms with Gasteiger partial charge >= 0.3 is 25.8 Å². The summed E-state index contributed by atoms with van der Waals surface area (Å²) in [6.45, 7) is 15.0. The highest BCUT2D eigenvalue weighted by molar-refractivity contribution is 7.46. The van der Waals surface area contributed by atoms with Gasteiger partial charge in [0.1, 0.15) is 6.10 Å². The molecule has 0 aromatic heterocycles. The monoisotopic (exact) mass is 734 g/mol. The second-order valence-corrected chi connectivity index (χ2v) is 14.6. The van der Waals surface area contributed by atoms with Crippen molar-refractivity contribution in [1.82, 2.24) is 5.32 Å². The molecule has 2 unspecified atom stereocenters. The Labute approximate surface area is 301 Å². The van der Waals surface area contributed by atoms with Gasteiger partial charge in [-0.05, 0) is 80.7 Å². The molecule has 0 fully saturated rings. The Hall–Kier alpha value is -3.97. The molecular weight excluding hydrogens is 679 g/mol. The fourth-order valence-electron chi connectivity index (χ4n) is 5.25. The number of urea groups is 1. The van der Waals surface area contributed by atoms with Crippen molar-refractivity contribution in [2.75, 3.05) is 42.0 Å². The van der Waals surface area contributed by atoms with E-state index in [-0.39, 0.29) is 31.3 Å². The van der Waals surface area contributed by atoms with Gasteiger partial charge in [0, 0.05) is 31.7 Å². The summed E-state index contributed by atoms with van der Waals surface area (Å²) in [5.41, 5.74) is 4.11. The highest BCUT2D eigenvalue weighted by atomic mass is 31.2. The quantitative estimate of drug-likeness (QED) is 0.0409. The van der Waals surface area contributed by atoms with Crippen LogP contribution in [-0.2, 0) is 32.9 Å². The maximum Gasteiger partial charge on any atom is 0.470 e. The van der Waals surface area contributed by atoms with Crippen LogP contribution in [0.25, 0.3) is 0 Å². The van der Waals surface area contributed by atoms with Crippen LogP contribution in [0.5, 0.6) is 0 Å². The molecule has 3 amide bonds. The van der Waals surface area contributed by atoms with Gasteiger partial charge in [0.15, 0.2) is 0 Å². The van der Waals surface area contributed by atoms with E-state index >= 15 is 0 Å². The number of nitrogens with one attached hydrogen (secondary N) is 3. The molecular formula is C36H55N4O10P. The lowest BCUT2D eigenvalue weighted by molar-refractivity contribution is -0.167. The summed E-state index contributed by atoms with van der Waals surface area (Å²) in [6.07, 6.45) is 0.0994. The standard InChI is InChI=1S/C36H55N4O10P/c1-8-28(20-34(42)49-23-48-33(41)11-9-10-18-37-35(43)27(7)50-51(45,46)47)29-14-17-32(40(21-24(2)3)22-25(4)5)31(19-29)39-36(44)38-30-15-12-26(6)13-16-30/h12-17,19,24-25,27-28H,8-11,18,20-23H2,1-7H3,(H,37,43)(H2,38,39,44)(H2,45,46,47). The number of amides is 3. The number of hydrogen-bond acceptors (Lipinski definition) is 9. The first-order valence-electron chi connectivity index (χ1n) is 17.3. The van der Waals surface area contributed by atoms with Gasteiger partial charge in [-0.2, -0.15) is 0 Å². The molecule has 0 aliphatic carbocycles. The summed E-state index contributed by atoms with van der Waals surface area (Å²) in [7, 11) is -4.78. The Balaban J connectivity index is 1.99. The molecule has 2 aromatic carbocycles. The highest BCUT2D eigenvalue weighted by Crippen LogP contribution is 2.37. The Kier molecular flexibility index (Phi) is 18.1. The molecule has 2 atom stereocenters. The molecule has 0 radical (unpaired) electrons. The summed E-state index contributed by atoms with van der Waals surface area (Å²) < 4.78 is 25.4. The summed E-state index contributed by atoms with van der Waals surface area (Å²) in [4.78, 5) is 69.7. The SMILES string of the molecule is CCC(CC(=O)OCOC(=O)CCCCNC(=O)C(C)OP(=O)(O)O)c1ccc(N(CC(C)C)CC(C)C)c(NC(=O)Nc2ccc(C)cc2)c1. The van der Waals surface area contributed by atoms with E-state index in [1.807, 2.05) is 56.3 Å². The van der Waals surface area contributed by atoms with Gasteiger partial charge in [-0.25, -0.2) is 9.36 Å². The van der Waals surface area contributed by atoms with Crippen molar-refractivity contribution in [3.8, 4) is 0 Å². The third-order valence-corrected chi connectivity index (χ3v) is 8.27. The summed E-state index contributed by atoms with van der Waals surface area (Å²) in [6, 6.07) is 13.0. The Morgan fingerprint density at radius 3 is 2.08 bits per heavy atom. The van der Waals surface area contributed by atoms with Crippen molar-refractivity contribution in [2.24, 2.45) is 11.8 Å². The van der Waals surface area contributed by atoms with Crippen LogP contribution in [0.15, 0.2) is 42.5 Å². The Morgan fingerprint density at radius 1 is 0.863 bits per heavy atom. The molecule has 2 aromatic rings. The average molecular weight is 735 g/mol. The number of hydrogen-bond donors (Lipinski definition) is 5. The van der Waals surface area contributed by atoms with Crippen LogP contribution in [0.1, 0.15) is 90.7 Å². The smallest absolute Gasteiger partial charge is 0.428 e. The number of benzene rings is 2. The molecule has 0 spiro atoms. The van der Waals surface area contributed by atoms with E-state index in [2.05, 4.69) is 53.1 Å². The minimum absolute atomic E-state index is 0.0177. The third kappa shape index (κ3) is 17.2. The number of phosphoric acid groups is 1. The van der Waals surface area contributed by atoms with E-state index in [1.54, 1.807) is 0 Å². The normalized spacial score (nSPS) is 12.6. The summed E-state index contributed by atoms with van der Waals surface area (Å²) in [5, 5.41) is 8.41. The summed E-state index contributed by atoms with van der Waals surface area (Å²) >= 11 is 0. The van der Waals surface area contributed by atoms with Crippen molar-refractivity contribution in [3.63, 3.8) is 0 Å². The molecule has 2 rings (SSSR count). The van der Waals surface area contributed by atoms with Gasteiger partial charge in [-0.3, -0.25) is 18.9 Å². The van der Waals surface area contributed by atoms with Crippen LogP contribution in [0.2, 0.25) is 0 Å². The maximum atomic E-state index is 13.2. The van der Waals surface area contributed by atoms with Crippen LogP contribution in [-0.4, -0.2) is 66.2 Å². The second-order valence-electron chi connectivity index (χ2n) is 13.4. The van der Waals surface area contributed by atoms with E-state index in [0.717, 1.165) is 29.9 Å². The van der Waals surface area contributed by atoms with Crippen molar-refractivity contribution in [3.05, 3.63) is 53.6 Å². The lowest BCUT2D eigenvalue weighted by Crippen LogP contribution is -2.34. The lowest BCUT2D eigenvalue weighted by atomic mass is 9.92. The number of unbranched alkanes of at least 4 members (excludes halogenated alkanes) is 1. The zero-order valence-electron chi connectivity index (χ0n) is 30.8. The molecule has 51 heavy (non-hydrogen) atoms. The average Bonchev–Trinajstić information content (AvgIpc) is 3.02. The number of anilines is 3. The fraction of sp³-hybridized carbons (Fsp3) is 0.556. The number of carbonyl (C=O) groups is 4. The van der Waals surface area contributed by atoms with E-state index in [1.165, 1.54) is 6.92 Å². The van der Waals surface area contributed by atoms with Crippen molar-refractivity contribution >= 4 is 48.8 Å². The van der Waals surface area contributed by atoms with Crippen LogP contribution < -0.4 is 20.9 Å². The zero-order chi connectivity index (χ0) is 38.1. The Morgan fingerprint density at radius 2 is 1.49 bits per heavy atom. The van der Waals surface area contributed by atoms with Crippen molar-refractivity contribution in [2.45, 2.75) is 92.6 Å². The number of nitrogens with zero attached hydrogens (tertiary/aromatic N) is 1. The third-order valence-electron chi connectivity index (χ3n) is 7.68.